The summed E-state index contributed by atoms with van der Waals surface area (Å²) in [6.45, 7) is 10.5. The Bertz CT molecular complexity index is 1280. The lowest BCUT2D eigenvalue weighted by Crippen LogP contribution is -2.45. The van der Waals surface area contributed by atoms with Crippen LogP contribution >= 0.6 is 0 Å². The van der Waals surface area contributed by atoms with E-state index in [1.54, 1.807) is 0 Å². The van der Waals surface area contributed by atoms with Gasteiger partial charge in [0.1, 0.15) is 0 Å². The maximum absolute atomic E-state index is 13.9. The number of nitrogens with one attached hydrogen (secondary N) is 1. The second-order valence-electron chi connectivity index (χ2n) is 9.10. The van der Waals surface area contributed by atoms with Crippen molar-refractivity contribution in [1.82, 2.24) is 14.8 Å². The summed E-state index contributed by atoms with van der Waals surface area (Å²) in [4.78, 5) is 41.4. The van der Waals surface area contributed by atoms with Crippen LogP contribution in [-0.4, -0.2) is 33.7 Å². The van der Waals surface area contributed by atoms with Crippen molar-refractivity contribution in [2.45, 2.75) is 53.1 Å². The van der Waals surface area contributed by atoms with Crippen LogP contribution in [0.5, 0.6) is 0 Å². The van der Waals surface area contributed by atoms with Crippen LogP contribution in [0.4, 0.5) is 4.79 Å². The van der Waals surface area contributed by atoms with Gasteiger partial charge in [0.25, 0.3) is 5.91 Å². The molecule has 1 atom stereocenters. The molecule has 176 valence electrons. The van der Waals surface area contributed by atoms with Crippen molar-refractivity contribution < 1.29 is 14.4 Å². The Labute approximate surface area is 200 Å². The van der Waals surface area contributed by atoms with Gasteiger partial charge >= 0.3 is 6.03 Å². The summed E-state index contributed by atoms with van der Waals surface area (Å²) in [6.07, 6.45) is 0.951. The van der Waals surface area contributed by atoms with E-state index in [-0.39, 0.29) is 12.3 Å². The molecule has 3 amide bonds. The first kappa shape index (κ1) is 23.5. The van der Waals surface area contributed by atoms with Gasteiger partial charge in [0.15, 0.2) is 11.3 Å². The fraction of sp³-hybridized carbons (Fsp3) is 0.321. The van der Waals surface area contributed by atoms with Gasteiger partial charge in [-0.15, -0.1) is 0 Å². The highest BCUT2D eigenvalue weighted by Gasteiger charge is 2.54. The number of imide groups is 1. The Kier molecular flexibility index (Phi) is 6.17. The Balaban J connectivity index is 1.74. The van der Waals surface area contributed by atoms with Crippen LogP contribution < -0.4 is 5.32 Å². The molecule has 1 N–H and O–H groups in total. The number of rotatable bonds is 7. The number of urea groups is 1. The maximum atomic E-state index is 13.9. The van der Waals surface area contributed by atoms with Crippen molar-refractivity contribution in [2.75, 3.05) is 6.54 Å². The van der Waals surface area contributed by atoms with Gasteiger partial charge in [-0.25, -0.2) is 4.79 Å². The molecule has 1 aliphatic rings. The molecule has 34 heavy (non-hydrogen) atoms. The monoisotopic (exact) mass is 457 g/mol. The van der Waals surface area contributed by atoms with Gasteiger partial charge in [-0.1, -0.05) is 55.5 Å². The van der Waals surface area contributed by atoms with Crippen molar-refractivity contribution in [2.24, 2.45) is 0 Å². The maximum Gasteiger partial charge on any atom is 0.325 e. The number of amides is 3. The van der Waals surface area contributed by atoms with Crippen molar-refractivity contribution in [3.05, 3.63) is 93.8 Å². The molecule has 1 aliphatic heterocycles. The van der Waals surface area contributed by atoms with Crippen molar-refractivity contribution in [3.63, 3.8) is 0 Å². The molecule has 3 aromatic rings. The van der Waals surface area contributed by atoms with Gasteiger partial charge in [-0.2, -0.15) is 0 Å². The number of hydrogen-bond donors (Lipinski definition) is 1. The van der Waals surface area contributed by atoms with Gasteiger partial charge in [0, 0.05) is 23.5 Å². The molecule has 0 unspecified atom stereocenters. The van der Waals surface area contributed by atoms with Gasteiger partial charge in [-0.05, 0) is 62.4 Å². The predicted octanol–water partition coefficient (Wildman–Crippen LogP) is 4.81. The molecule has 2 heterocycles. The van der Waals surface area contributed by atoms with Gasteiger partial charge in [-0.3, -0.25) is 14.5 Å². The quantitative estimate of drug-likeness (QED) is 0.409. The van der Waals surface area contributed by atoms with Crippen LogP contribution in [0.25, 0.3) is 0 Å². The van der Waals surface area contributed by atoms with Crippen LogP contribution in [0, 0.1) is 27.7 Å². The summed E-state index contributed by atoms with van der Waals surface area (Å²) in [5, 5.41) is 2.93. The van der Waals surface area contributed by atoms with Crippen LogP contribution in [-0.2, 0) is 16.9 Å². The standard InChI is InChI=1S/C28H31N3O3/c1-6-14-30-20(4)16-24(21(30)5)25(32)17-31-26(33)28(29-27(31)34,22-10-8-7-9-11-22)23-13-12-18(2)19(3)15-23/h7-13,15-16H,6,14,17H2,1-5H3,(H,29,34)/t28-/m0/s1. The molecular formula is C28H31N3O3. The summed E-state index contributed by atoms with van der Waals surface area (Å²) in [7, 11) is 0. The molecule has 0 aliphatic carbocycles. The Morgan fingerprint density at radius 2 is 1.62 bits per heavy atom. The number of Topliss-reactive ketones (excluding diaryl/α,β-unsaturated/α-hetero) is 1. The molecule has 1 fully saturated rings. The third-order valence-corrected chi connectivity index (χ3v) is 6.88. The smallest absolute Gasteiger partial charge is 0.325 e. The SMILES string of the molecule is CCCn1c(C)cc(C(=O)CN2C(=O)N[C@@](c3ccccc3)(c3ccc(C)c(C)c3)C2=O)c1C. The van der Waals surface area contributed by atoms with Crippen molar-refractivity contribution in [1.29, 1.82) is 0 Å². The van der Waals surface area contributed by atoms with E-state index in [0.29, 0.717) is 16.7 Å². The zero-order valence-electron chi connectivity index (χ0n) is 20.4. The molecule has 0 saturated carbocycles. The molecule has 0 bridgehead atoms. The minimum Gasteiger partial charge on any atom is -0.348 e. The van der Waals surface area contributed by atoms with E-state index in [9.17, 15) is 14.4 Å². The number of nitrogens with zero attached hydrogens (tertiary/aromatic N) is 2. The van der Waals surface area contributed by atoms with E-state index in [1.807, 2.05) is 82.3 Å². The first-order valence-corrected chi connectivity index (χ1v) is 11.7. The lowest BCUT2D eigenvalue weighted by Gasteiger charge is -2.28. The predicted molar refractivity (Wildman–Crippen MR) is 132 cm³/mol. The fourth-order valence-electron chi connectivity index (χ4n) is 4.82. The molecule has 6 nitrogen and oxygen atoms in total. The van der Waals surface area contributed by atoms with Crippen LogP contribution in [0.3, 0.4) is 0 Å². The second kappa shape index (κ2) is 8.93. The fourth-order valence-corrected chi connectivity index (χ4v) is 4.82. The van der Waals surface area contributed by atoms with Crippen molar-refractivity contribution >= 4 is 17.7 Å². The Morgan fingerprint density at radius 3 is 2.26 bits per heavy atom. The first-order chi connectivity index (χ1) is 16.2. The highest BCUT2D eigenvalue weighted by atomic mass is 16.2. The highest BCUT2D eigenvalue weighted by Crippen LogP contribution is 2.37. The lowest BCUT2D eigenvalue weighted by atomic mass is 9.81. The van der Waals surface area contributed by atoms with Gasteiger partial charge in [0.2, 0.25) is 0 Å². The van der Waals surface area contributed by atoms with E-state index in [0.717, 1.165) is 40.4 Å². The highest BCUT2D eigenvalue weighted by molar-refractivity contribution is 6.13. The molecular weight excluding hydrogens is 426 g/mol. The van der Waals surface area contributed by atoms with Gasteiger partial charge in [0.05, 0.1) is 6.54 Å². The van der Waals surface area contributed by atoms with Crippen LogP contribution in [0.2, 0.25) is 0 Å². The largest absolute Gasteiger partial charge is 0.348 e. The third kappa shape index (κ3) is 3.73. The molecule has 1 aromatic heterocycles. The minimum absolute atomic E-state index is 0.247. The summed E-state index contributed by atoms with van der Waals surface area (Å²) < 4.78 is 2.10. The van der Waals surface area contributed by atoms with Crippen LogP contribution in [0.15, 0.2) is 54.6 Å². The Hall–Kier alpha value is -3.67. The first-order valence-electron chi connectivity index (χ1n) is 11.7. The number of hydrogen-bond acceptors (Lipinski definition) is 3. The number of carbonyl (C=O) groups is 3. The summed E-state index contributed by atoms with van der Waals surface area (Å²) in [5.74, 6) is -0.689. The summed E-state index contributed by atoms with van der Waals surface area (Å²) in [6, 6.07) is 16.2. The minimum atomic E-state index is -1.38. The van der Waals surface area contributed by atoms with Gasteiger partial charge < -0.3 is 9.88 Å². The molecule has 0 spiro atoms. The van der Waals surface area contributed by atoms with E-state index in [1.165, 1.54) is 0 Å². The number of benzene rings is 2. The summed E-state index contributed by atoms with van der Waals surface area (Å²) >= 11 is 0. The average molecular weight is 458 g/mol. The zero-order chi connectivity index (χ0) is 24.6. The number of aromatic nitrogens is 1. The molecule has 4 rings (SSSR count). The average Bonchev–Trinajstić information content (AvgIpc) is 3.25. The molecule has 2 aromatic carbocycles. The molecule has 6 heteroatoms. The Morgan fingerprint density at radius 1 is 0.912 bits per heavy atom. The van der Waals surface area contributed by atoms with Crippen molar-refractivity contribution in [3.8, 4) is 0 Å². The number of ketones is 1. The second-order valence-corrected chi connectivity index (χ2v) is 9.10. The number of carbonyl (C=O) groups excluding carboxylic acids is 3. The third-order valence-electron chi connectivity index (χ3n) is 6.88. The molecule has 0 radical (unpaired) electrons. The van der Waals surface area contributed by atoms with E-state index < -0.39 is 17.5 Å². The zero-order valence-corrected chi connectivity index (χ0v) is 20.4. The summed E-state index contributed by atoms with van der Waals surface area (Å²) in [5.41, 5.74) is 4.48. The number of aryl methyl sites for hydroxylation is 3. The topological polar surface area (TPSA) is 71.4 Å². The lowest BCUT2D eigenvalue weighted by molar-refractivity contribution is -0.129. The molecule has 1 saturated heterocycles. The van der Waals surface area contributed by atoms with E-state index in [2.05, 4.69) is 16.8 Å². The van der Waals surface area contributed by atoms with E-state index in [4.69, 9.17) is 0 Å². The van der Waals surface area contributed by atoms with E-state index >= 15 is 0 Å². The normalized spacial score (nSPS) is 17.9. The van der Waals surface area contributed by atoms with Crippen LogP contribution in [0.1, 0.15) is 57.3 Å².